The van der Waals surface area contributed by atoms with Gasteiger partial charge < -0.3 is 5.32 Å². The Hall–Kier alpha value is -4.27. The van der Waals surface area contributed by atoms with Crippen molar-refractivity contribution in [3.05, 3.63) is 88.4 Å². The monoisotopic (exact) mass is 430 g/mol. The largest absolute Gasteiger partial charge is 0.350 e. The van der Waals surface area contributed by atoms with Crippen molar-refractivity contribution in [1.82, 2.24) is 23.8 Å². The summed E-state index contributed by atoms with van der Waals surface area (Å²) in [5, 5.41) is 11.4. The number of anilines is 1. The van der Waals surface area contributed by atoms with Crippen molar-refractivity contribution in [2.75, 3.05) is 5.32 Å². The molecule has 3 heterocycles. The average molecular weight is 430 g/mol. The van der Waals surface area contributed by atoms with Crippen LogP contribution in [-0.4, -0.2) is 29.7 Å². The Balaban J connectivity index is 1.51. The Morgan fingerprint density at radius 3 is 2.62 bits per heavy atom. The molecule has 0 spiro atoms. The van der Waals surface area contributed by atoms with Crippen LogP contribution in [0.4, 0.5) is 10.1 Å². The van der Waals surface area contributed by atoms with Crippen molar-refractivity contribution in [2.45, 2.75) is 20.4 Å². The normalized spacial score (nSPS) is 11.3. The molecule has 0 atom stereocenters. The first-order valence-corrected chi connectivity index (χ1v) is 10.0. The van der Waals surface area contributed by atoms with Crippen LogP contribution in [0.2, 0.25) is 0 Å². The molecule has 0 aliphatic rings. The number of nitrogens with zero attached hydrogens (tertiary/aromatic N) is 5. The molecule has 5 rings (SSSR count). The number of nitrogens with one attached hydrogen (secondary N) is 1. The summed E-state index contributed by atoms with van der Waals surface area (Å²) < 4.78 is 17.8. The molecule has 1 amide bonds. The molecule has 160 valence electrons. The summed E-state index contributed by atoms with van der Waals surface area (Å²) in [4.78, 5) is 25.1. The number of halogens is 1. The fourth-order valence-corrected chi connectivity index (χ4v) is 3.57. The summed E-state index contributed by atoms with van der Waals surface area (Å²) in [6.07, 6.45) is 3.22. The summed E-state index contributed by atoms with van der Waals surface area (Å²) in [6.45, 7) is 3.74. The number of carbonyl (C=O) groups is 1. The average Bonchev–Trinajstić information content (AvgIpc) is 3.33. The Morgan fingerprint density at radius 1 is 1.03 bits per heavy atom. The highest BCUT2D eigenvalue weighted by atomic mass is 19.1. The molecule has 0 aliphatic heterocycles. The van der Waals surface area contributed by atoms with Crippen molar-refractivity contribution >= 4 is 22.8 Å². The minimum Gasteiger partial charge on any atom is -0.322 e. The van der Waals surface area contributed by atoms with Crippen LogP contribution in [0.15, 0.2) is 65.7 Å². The van der Waals surface area contributed by atoms with Gasteiger partial charge in [-0.2, -0.15) is 5.10 Å². The summed E-state index contributed by atoms with van der Waals surface area (Å²) in [6, 6.07) is 13.8. The van der Waals surface area contributed by atoms with Gasteiger partial charge >= 0.3 is 5.69 Å². The molecule has 0 saturated carbocycles. The Morgan fingerprint density at radius 2 is 1.84 bits per heavy atom. The molecular formula is C23H19FN6O2. The second kappa shape index (κ2) is 7.45. The first kappa shape index (κ1) is 19.7. The van der Waals surface area contributed by atoms with E-state index in [1.54, 1.807) is 23.0 Å². The number of aryl methyl sites for hydroxylation is 2. The lowest BCUT2D eigenvalue weighted by Crippen LogP contribution is -2.28. The van der Waals surface area contributed by atoms with Crippen LogP contribution in [0.25, 0.3) is 22.4 Å². The number of carbonyl (C=O) groups excluding carboxylic acids is 1. The van der Waals surface area contributed by atoms with Gasteiger partial charge in [0.1, 0.15) is 17.9 Å². The molecule has 1 N–H and O–H groups in total. The predicted octanol–water partition coefficient (Wildman–Crippen LogP) is 3.21. The second-order valence-corrected chi connectivity index (χ2v) is 7.62. The van der Waals surface area contributed by atoms with Gasteiger partial charge in [0.2, 0.25) is 5.91 Å². The minimum absolute atomic E-state index is 0.0468. The van der Waals surface area contributed by atoms with Gasteiger partial charge in [0.05, 0.1) is 11.4 Å². The molecule has 0 fully saturated rings. The van der Waals surface area contributed by atoms with E-state index in [1.165, 1.54) is 28.2 Å². The van der Waals surface area contributed by atoms with Gasteiger partial charge in [0, 0.05) is 18.0 Å². The van der Waals surface area contributed by atoms with Crippen LogP contribution in [0, 0.1) is 19.7 Å². The van der Waals surface area contributed by atoms with Gasteiger partial charge in [-0.1, -0.05) is 24.3 Å². The van der Waals surface area contributed by atoms with Crippen molar-refractivity contribution in [3.63, 3.8) is 0 Å². The molecule has 32 heavy (non-hydrogen) atoms. The molecule has 3 aromatic heterocycles. The van der Waals surface area contributed by atoms with Crippen LogP contribution in [-0.2, 0) is 11.3 Å². The SMILES string of the molecule is Cc1ccc(-c2cc3c4nn(CC(=O)Nc5ccccc5F)c(=O)n4ccn3n2)cc1C. The molecule has 9 heteroatoms. The molecule has 0 unspecified atom stereocenters. The highest BCUT2D eigenvalue weighted by molar-refractivity contribution is 5.90. The molecule has 8 nitrogen and oxygen atoms in total. The molecule has 5 aromatic rings. The molecule has 0 aliphatic carbocycles. The lowest BCUT2D eigenvalue weighted by atomic mass is 10.0. The minimum atomic E-state index is -0.555. The summed E-state index contributed by atoms with van der Waals surface area (Å²) in [5.74, 6) is -1.11. The van der Waals surface area contributed by atoms with Crippen LogP contribution in [0.3, 0.4) is 0 Å². The van der Waals surface area contributed by atoms with E-state index in [0.717, 1.165) is 21.5 Å². The van der Waals surface area contributed by atoms with Crippen LogP contribution in [0.1, 0.15) is 11.1 Å². The van der Waals surface area contributed by atoms with E-state index in [0.29, 0.717) is 11.2 Å². The number of hydrogen-bond acceptors (Lipinski definition) is 4. The third-order valence-corrected chi connectivity index (χ3v) is 5.44. The zero-order valence-corrected chi connectivity index (χ0v) is 17.4. The van der Waals surface area contributed by atoms with E-state index >= 15 is 0 Å². The van der Waals surface area contributed by atoms with Crippen LogP contribution >= 0.6 is 0 Å². The van der Waals surface area contributed by atoms with E-state index in [9.17, 15) is 14.0 Å². The van der Waals surface area contributed by atoms with E-state index in [4.69, 9.17) is 0 Å². The number of fused-ring (bicyclic) bond motifs is 3. The van der Waals surface area contributed by atoms with Gasteiger partial charge in [-0.25, -0.2) is 22.8 Å². The van der Waals surface area contributed by atoms with Gasteiger partial charge in [-0.05, 0) is 49.2 Å². The number of hydrogen-bond donors (Lipinski definition) is 1. The Labute approximate surface area is 181 Å². The van der Waals surface area contributed by atoms with Gasteiger partial charge in [0.15, 0.2) is 5.65 Å². The van der Waals surface area contributed by atoms with Gasteiger partial charge in [-0.15, -0.1) is 5.10 Å². The first-order valence-electron chi connectivity index (χ1n) is 10.0. The number of benzene rings is 2. The van der Waals surface area contributed by atoms with Crippen molar-refractivity contribution in [1.29, 1.82) is 0 Å². The zero-order valence-electron chi connectivity index (χ0n) is 17.4. The van der Waals surface area contributed by atoms with Crippen LogP contribution < -0.4 is 11.0 Å². The highest BCUT2D eigenvalue weighted by Crippen LogP contribution is 2.23. The standard InChI is InChI=1S/C23H19FN6O2/c1-14-7-8-16(11-15(14)2)19-12-20-22-27-30(23(32)28(22)9-10-29(20)26-19)13-21(31)25-18-6-4-3-5-17(18)24/h3-12H,13H2,1-2H3,(H,25,31). The number of amides is 1. The fraction of sp³-hybridized carbons (Fsp3) is 0.130. The van der Waals surface area contributed by atoms with E-state index < -0.39 is 17.4 Å². The second-order valence-electron chi connectivity index (χ2n) is 7.62. The van der Waals surface area contributed by atoms with Crippen molar-refractivity contribution in [3.8, 4) is 11.3 Å². The lowest BCUT2D eigenvalue weighted by molar-refractivity contribution is -0.117. The smallest absolute Gasteiger partial charge is 0.322 e. The Kier molecular flexibility index (Phi) is 4.58. The summed E-state index contributed by atoms with van der Waals surface area (Å²) >= 11 is 0. The van der Waals surface area contributed by atoms with Gasteiger partial charge in [0.25, 0.3) is 0 Å². The van der Waals surface area contributed by atoms with E-state index in [2.05, 4.69) is 21.6 Å². The van der Waals surface area contributed by atoms with E-state index in [1.807, 2.05) is 32.0 Å². The lowest BCUT2D eigenvalue weighted by Gasteiger charge is -2.05. The maximum atomic E-state index is 13.8. The number of rotatable bonds is 4. The van der Waals surface area contributed by atoms with Crippen LogP contribution in [0.5, 0.6) is 0 Å². The van der Waals surface area contributed by atoms with E-state index in [-0.39, 0.29) is 12.2 Å². The molecule has 2 aromatic carbocycles. The fourth-order valence-electron chi connectivity index (χ4n) is 3.57. The maximum Gasteiger partial charge on any atom is 0.350 e. The van der Waals surface area contributed by atoms with Crippen molar-refractivity contribution < 1.29 is 9.18 Å². The summed E-state index contributed by atoms with van der Waals surface area (Å²) in [5.41, 5.74) is 4.64. The third-order valence-electron chi connectivity index (χ3n) is 5.44. The van der Waals surface area contributed by atoms with Crippen molar-refractivity contribution in [2.24, 2.45) is 0 Å². The molecular weight excluding hydrogens is 411 g/mol. The Bertz CT molecular complexity index is 1560. The quantitative estimate of drug-likeness (QED) is 0.475. The third kappa shape index (κ3) is 3.33. The van der Waals surface area contributed by atoms with Gasteiger partial charge in [-0.3, -0.25) is 4.79 Å². The molecule has 0 bridgehead atoms. The first-order chi connectivity index (χ1) is 15.4. The maximum absolute atomic E-state index is 13.8. The zero-order chi connectivity index (χ0) is 22.4. The predicted molar refractivity (Wildman–Crippen MR) is 118 cm³/mol. The molecule has 0 saturated heterocycles. The molecule has 0 radical (unpaired) electrons. The number of aromatic nitrogens is 5. The summed E-state index contributed by atoms with van der Waals surface area (Å²) in [7, 11) is 0. The highest BCUT2D eigenvalue weighted by Gasteiger charge is 2.16. The number of para-hydroxylation sites is 1. The topological polar surface area (TPSA) is 85.7 Å².